The van der Waals surface area contributed by atoms with Gasteiger partial charge in [0.25, 0.3) is 5.17 Å². The maximum atomic E-state index is 11.1. The van der Waals surface area contributed by atoms with Crippen molar-refractivity contribution in [2.45, 2.75) is 32.7 Å². The van der Waals surface area contributed by atoms with E-state index >= 15 is 0 Å². The zero-order chi connectivity index (χ0) is 12.9. The van der Waals surface area contributed by atoms with Gasteiger partial charge in [-0.25, -0.2) is 8.42 Å². The molecule has 4 nitrogen and oxygen atoms in total. The second-order valence-corrected chi connectivity index (χ2v) is 6.88. The molecule has 1 N–H and O–H groups in total. The average molecular weight is 277 g/mol. The van der Waals surface area contributed by atoms with E-state index in [0.29, 0.717) is 12.5 Å². The molecule has 98 valence electrons. The molecular formula is C11H19NO3S2. The van der Waals surface area contributed by atoms with Gasteiger partial charge in [0, 0.05) is 5.41 Å². The van der Waals surface area contributed by atoms with Crippen molar-refractivity contribution in [1.82, 2.24) is 5.32 Å². The summed E-state index contributed by atoms with van der Waals surface area (Å²) in [5.41, 5.74) is 0. The van der Waals surface area contributed by atoms with E-state index in [0.717, 1.165) is 12.8 Å². The highest BCUT2D eigenvalue weighted by atomic mass is 32.2. The number of hydrogen-bond donors (Lipinski definition) is 1. The number of hydrogen-bond acceptors (Lipinski definition) is 4. The molecule has 6 heteroatoms. The molecule has 1 heterocycles. The van der Waals surface area contributed by atoms with Crippen molar-refractivity contribution < 1.29 is 13.2 Å². The average Bonchev–Trinajstić information content (AvgIpc) is 2.52. The molecule has 0 saturated heterocycles. The van der Waals surface area contributed by atoms with Gasteiger partial charge in [-0.15, -0.1) is 0 Å². The van der Waals surface area contributed by atoms with Gasteiger partial charge in [-0.2, -0.15) is 0 Å². The predicted octanol–water partition coefficient (Wildman–Crippen LogP) is 1.62. The van der Waals surface area contributed by atoms with E-state index in [1.807, 2.05) is 0 Å². The smallest absolute Gasteiger partial charge is 0.257 e. The first-order chi connectivity index (χ1) is 7.89. The maximum Gasteiger partial charge on any atom is 0.257 e. The van der Waals surface area contributed by atoms with Crippen LogP contribution in [0.4, 0.5) is 0 Å². The molecule has 0 unspecified atom stereocenters. The summed E-state index contributed by atoms with van der Waals surface area (Å²) < 4.78 is 27.6. The van der Waals surface area contributed by atoms with Crippen LogP contribution in [0.25, 0.3) is 0 Å². The third-order valence-electron chi connectivity index (χ3n) is 2.39. The lowest BCUT2D eigenvalue weighted by molar-refractivity contribution is 0.279. The number of ether oxygens (including phenoxy) is 1. The topological polar surface area (TPSA) is 55.4 Å². The molecule has 0 aromatic carbocycles. The third-order valence-corrected chi connectivity index (χ3v) is 4.02. The summed E-state index contributed by atoms with van der Waals surface area (Å²) in [6, 6.07) is -0.252. The lowest BCUT2D eigenvalue weighted by Gasteiger charge is -2.13. The molecule has 1 aliphatic rings. The first-order valence-electron chi connectivity index (χ1n) is 5.73. The molecule has 1 atom stereocenters. The van der Waals surface area contributed by atoms with Crippen LogP contribution < -0.4 is 5.32 Å². The Kier molecular flexibility index (Phi) is 5.39. The zero-order valence-electron chi connectivity index (χ0n) is 10.2. The monoisotopic (exact) mass is 277 g/mol. The quantitative estimate of drug-likeness (QED) is 0.611. The van der Waals surface area contributed by atoms with E-state index in [9.17, 15) is 8.42 Å². The lowest BCUT2D eigenvalue weighted by atomic mass is 10.1. The Morgan fingerprint density at radius 3 is 2.82 bits per heavy atom. The van der Waals surface area contributed by atoms with Gasteiger partial charge in [-0.3, -0.25) is 0 Å². The summed E-state index contributed by atoms with van der Waals surface area (Å²) in [6.45, 7) is 4.89. The number of rotatable bonds is 5. The Morgan fingerprint density at radius 1 is 1.59 bits per heavy atom. The second-order valence-electron chi connectivity index (χ2n) is 4.58. The second kappa shape index (κ2) is 6.35. The number of sulfone groups is 1. The molecule has 0 radical (unpaired) electrons. The highest BCUT2D eigenvalue weighted by Crippen LogP contribution is 2.08. The van der Waals surface area contributed by atoms with E-state index < -0.39 is 9.84 Å². The van der Waals surface area contributed by atoms with Crippen LogP contribution in [0.3, 0.4) is 0 Å². The molecule has 1 rings (SSSR count). The van der Waals surface area contributed by atoms with Crippen molar-refractivity contribution in [1.29, 1.82) is 0 Å². The molecular weight excluding hydrogens is 258 g/mol. The van der Waals surface area contributed by atoms with Gasteiger partial charge in [0.1, 0.15) is 0 Å². The van der Waals surface area contributed by atoms with Crippen LogP contribution in [0.2, 0.25) is 0 Å². The first kappa shape index (κ1) is 14.4. The highest BCUT2D eigenvalue weighted by molar-refractivity contribution is 7.94. The van der Waals surface area contributed by atoms with Crippen LogP contribution in [0.15, 0.2) is 11.5 Å². The molecule has 0 saturated carbocycles. The molecule has 1 aliphatic heterocycles. The largest absolute Gasteiger partial charge is 0.471 e. The van der Waals surface area contributed by atoms with Gasteiger partial charge in [0.05, 0.1) is 18.4 Å². The lowest BCUT2D eigenvalue weighted by Crippen LogP contribution is -2.35. The van der Waals surface area contributed by atoms with Gasteiger partial charge < -0.3 is 10.1 Å². The Hall–Kier alpha value is -0.620. The summed E-state index contributed by atoms with van der Waals surface area (Å²) in [5.74, 6) is 0.714. The first-order valence-corrected chi connectivity index (χ1v) is 7.85. The standard InChI is InChI=1S/C11H19NO3S2/c1-9(2)4-3-6-15-11(16)12-10-5-7-17(13,14)8-10/h5,7,9-10H,3-4,6,8H2,1-2H3,(H,12,16)/t10-/m0/s1. The summed E-state index contributed by atoms with van der Waals surface area (Å²) >= 11 is 4.98. The molecule has 0 aliphatic carbocycles. The van der Waals surface area contributed by atoms with Crippen LogP contribution in [0.5, 0.6) is 0 Å². The van der Waals surface area contributed by atoms with Crippen molar-refractivity contribution in [2.75, 3.05) is 12.4 Å². The van der Waals surface area contributed by atoms with Crippen molar-refractivity contribution >= 4 is 27.2 Å². The normalized spacial score (nSPS) is 21.7. The van der Waals surface area contributed by atoms with Gasteiger partial charge in [0.2, 0.25) is 0 Å². The molecule has 17 heavy (non-hydrogen) atoms. The van der Waals surface area contributed by atoms with Crippen LogP contribution in [-0.2, 0) is 14.6 Å². The molecule has 0 amide bonds. The third kappa shape index (κ3) is 6.02. The Morgan fingerprint density at radius 2 is 2.29 bits per heavy atom. The molecule has 0 fully saturated rings. The van der Waals surface area contributed by atoms with Gasteiger partial charge >= 0.3 is 0 Å². The fraction of sp³-hybridized carbons (Fsp3) is 0.727. The van der Waals surface area contributed by atoms with Gasteiger partial charge in [-0.1, -0.05) is 13.8 Å². The van der Waals surface area contributed by atoms with E-state index in [1.54, 1.807) is 6.08 Å². The summed E-state index contributed by atoms with van der Waals surface area (Å²) in [7, 11) is -3.04. The van der Waals surface area contributed by atoms with E-state index in [-0.39, 0.29) is 17.0 Å². The number of thiocarbonyl (C=S) groups is 1. The molecule has 0 spiro atoms. The minimum atomic E-state index is -3.04. The molecule has 0 aromatic heterocycles. The maximum absolute atomic E-state index is 11.1. The highest BCUT2D eigenvalue weighted by Gasteiger charge is 2.22. The fourth-order valence-corrected chi connectivity index (χ4v) is 2.99. The predicted molar refractivity (Wildman–Crippen MR) is 72.5 cm³/mol. The Bertz CT molecular complexity index is 388. The zero-order valence-corrected chi connectivity index (χ0v) is 11.8. The van der Waals surface area contributed by atoms with Crippen molar-refractivity contribution in [3.05, 3.63) is 11.5 Å². The Labute approximate surface area is 108 Å². The number of nitrogens with one attached hydrogen (secondary N) is 1. The van der Waals surface area contributed by atoms with Crippen molar-refractivity contribution in [3.63, 3.8) is 0 Å². The molecule has 0 aromatic rings. The minimum Gasteiger partial charge on any atom is -0.471 e. The van der Waals surface area contributed by atoms with E-state index in [4.69, 9.17) is 17.0 Å². The van der Waals surface area contributed by atoms with Crippen LogP contribution in [0, 0.1) is 5.92 Å². The summed E-state index contributed by atoms with van der Waals surface area (Å²) in [4.78, 5) is 0. The Balaban J connectivity index is 2.16. The molecule has 0 bridgehead atoms. The fourth-order valence-electron chi connectivity index (χ4n) is 1.52. The van der Waals surface area contributed by atoms with Crippen molar-refractivity contribution in [3.8, 4) is 0 Å². The van der Waals surface area contributed by atoms with Crippen molar-refractivity contribution in [2.24, 2.45) is 5.92 Å². The summed E-state index contributed by atoms with van der Waals surface area (Å²) in [5, 5.41) is 4.36. The van der Waals surface area contributed by atoms with E-state index in [1.165, 1.54) is 5.41 Å². The summed E-state index contributed by atoms with van der Waals surface area (Å²) in [6.07, 6.45) is 3.65. The SMILES string of the molecule is CC(C)CCCOC(=S)N[C@H]1C=CS(=O)(=O)C1. The van der Waals surface area contributed by atoms with Crippen LogP contribution in [0.1, 0.15) is 26.7 Å². The van der Waals surface area contributed by atoms with Crippen LogP contribution >= 0.6 is 12.2 Å². The van der Waals surface area contributed by atoms with Crippen LogP contribution in [-0.4, -0.2) is 32.0 Å². The van der Waals surface area contributed by atoms with E-state index in [2.05, 4.69) is 19.2 Å². The van der Waals surface area contributed by atoms with Gasteiger partial charge in [0.15, 0.2) is 9.84 Å². The van der Waals surface area contributed by atoms with Gasteiger partial charge in [-0.05, 0) is 37.1 Å². The minimum absolute atomic E-state index is 0.0580.